The summed E-state index contributed by atoms with van der Waals surface area (Å²) in [5, 5.41) is 2.87. The van der Waals surface area contributed by atoms with E-state index >= 15 is 0 Å². The van der Waals surface area contributed by atoms with Crippen LogP contribution in [0.2, 0.25) is 0 Å². The molecule has 0 spiro atoms. The summed E-state index contributed by atoms with van der Waals surface area (Å²) in [6.07, 6.45) is 2.54. The molecule has 1 atom stereocenters. The van der Waals surface area contributed by atoms with Crippen LogP contribution in [-0.4, -0.2) is 35.9 Å². The lowest BCUT2D eigenvalue weighted by Gasteiger charge is -2.27. The van der Waals surface area contributed by atoms with Gasteiger partial charge in [-0.05, 0) is 75.4 Å². The highest BCUT2D eigenvalue weighted by atomic mass is 16.5. The predicted molar refractivity (Wildman–Crippen MR) is 111 cm³/mol. The van der Waals surface area contributed by atoms with Crippen molar-refractivity contribution >= 4 is 17.5 Å². The molecule has 3 rings (SSSR count). The molecule has 1 N–H and O–H groups in total. The van der Waals surface area contributed by atoms with Crippen LogP contribution in [0.4, 0.5) is 5.69 Å². The third-order valence-electron chi connectivity index (χ3n) is 4.94. The number of para-hydroxylation sites is 1. The minimum atomic E-state index is -0.681. The molecule has 1 aliphatic rings. The Kier molecular flexibility index (Phi) is 6.34. The topological polar surface area (TPSA) is 58.6 Å². The molecule has 1 saturated heterocycles. The van der Waals surface area contributed by atoms with E-state index in [1.54, 1.807) is 19.1 Å². The number of hydrogen-bond donors (Lipinski definition) is 1. The van der Waals surface area contributed by atoms with E-state index in [9.17, 15) is 9.59 Å². The first kappa shape index (κ1) is 19.9. The van der Waals surface area contributed by atoms with Crippen molar-refractivity contribution in [2.45, 2.75) is 46.1 Å². The zero-order valence-corrected chi connectivity index (χ0v) is 16.8. The van der Waals surface area contributed by atoms with Crippen LogP contribution in [0.5, 0.6) is 5.75 Å². The summed E-state index contributed by atoms with van der Waals surface area (Å²) in [6, 6.07) is 13.0. The summed E-state index contributed by atoms with van der Waals surface area (Å²) in [4.78, 5) is 27.4. The van der Waals surface area contributed by atoms with Crippen LogP contribution in [0.15, 0.2) is 42.5 Å². The number of likely N-dealkylation sites (tertiary alicyclic amines) is 1. The lowest BCUT2D eigenvalue weighted by Crippen LogP contribution is -2.36. The normalized spacial score (nSPS) is 15.0. The second-order valence-corrected chi connectivity index (χ2v) is 7.47. The summed E-state index contributed by atoms with van der Waals surface area (Å²) in [5.41, 5.74) is 3.22. The van der Waals surface area contributed by atoms with Crippen LogP contribution in [0.25, 0.3) is 0 Å². The number of benzene rings is 2. The number of anilines is 1. The highest BCUT2D eigenvalue weighted by molar-refractivity contribution is 6.04. The molecule has 0 aliphatic carbocycles. The number of rotatable bonds is 5. The van der Waals surface area contributed by atoms with Gasteiger partial charge in [0.2, 0.25) is 0 Å². The molecular weight excluding hydrogens is 352 g/mol. The molecule has 1 heterocycles. The molecule has 5 heteroatoms. The maximum absolute atomic E-state index is 12.9. The van der Waals surface area contributed by atoms with E-state index in [4.69, 9.17) is 4.74 Å². The Labute approximate surface area is 166 Å². The highest BCUT2D eigenvalue weighted by Gasteiger charge is 2.23. The summed E-state index contributed by atoms with van der Waals surface area (Å²) in [5.74, 6) is 0.356. The fourth-order valence-corrected chi connectivity index (χ4v) is 3.54. The molecule has 2 aromatic carbocycles. The van der Waals surface area contributed by atoms with E-state index in [0.717, 1.165) is 43.5 Å². The van der Waals surface area contributed by atoms with E-state index in [-0.39, 0.29) is 11.8 Å². The van der Waals surface area contributed by atoms with Gasteiger partial charge >= 0.3 is 0 Å². The molecule has 28 heavy (non-hydrogen) atoms. The van der Waals surface area contributed by atoms with Crippen molar-refractivity contribution in [3.05, 3.63) is 59.2 Å². The zero-order chi connectivity index (χ0) is 20.1. The minimum Gasteiger partial charge on any atom is -0.481 e. The fourth-order valence-electron chi connectivity index (χ4n) is 3.54. The van der Waals surface area contributed by atoms with Crippen molar-refractivity contribution in [2.75, 3.05) is 18.4 Å². The quantitative estimate of drug-likeness (QED) is 0.840. The number of aryl methyl sites for hydroxylation is 2. The first-order chi connectivity index (χ1) is 13.4. The summed E-state index contributed by atoms with van der Waals surface area (Å²) >= 11 is 0. The fraction of sp³-hybridized carbons (Fsp3) is 0.391. The van der Waals surface area contributed by atoms with Crippen LogP contribution in [0.1, 0.15) is 47.7 Å². The van der Waals surface area contributed by atoms with E-state index in [1.165, 1.54) is 0 Å². The van der Waals surface area contributed by atoms with Gasteiger partial charge in [0.05, 0.1) is 11.3 Å². The maximum atomic E-state index is 12.9. The SMILES string of the molecule is Cc1cc(C)cc(O[C@@H](C)C(=O)Nc2ccccc2C(=O)N2CCCCC2)c1. The Morgan fingerprint density at radius 1 is 1.00 bits per heavy atom. The first-order valence-electron chi connectivity index (χ1n) is 9.88. The van der Waals surface area contributed by atoms with Gasteiger partial charge in [-0.25, -0.2) is 0 Å². The van der Waals surface area contributed by atoms with Gasteiger partial charge in [0.25, 0.3) is 11.8 Å². The Hall–Kier alpha value is -2.82. The third-order valence-corrected chi connectivity index (χ3v) is 4.94. The van der Waals surface area contributed by atoms with Gasteiger partial charge in [0.15, 0.2) is 6.10 Å². The molecule has 1 aliphatic heterocycles. The van der Waals surface area contributed by atoms with Gasteiger partial charge in [0, 0.05) is 13.1 Å². The number of amides is 2. The van der Waals surface area contributed by atoms with Crippen molar-refractivity contribution in [1.82, 2.24) is 4.90 Å². The average Bonchev–Trinajstić information content (AvgIpc) is 2.67. The Bertz CT molecular complexity index is 836. The van der Waals surface area contributed by atoms with E-state index in [0.29, 0.717) is 17.0 Å². The highest BCUT2D eigenvalue weighted by Crippen LogP contribution is 2.22. The summed E-state index contributed by atoms with van der Waals surface area (Å²) in [6.45, 7) is 7.24. The van der Waals surface area contributed by atoms with Crippen molar-refractivity contribution in [3.63, 3.8) is 0 Å². The van der Waals surface area contributed by atoms with Gasteiger partial charge in [0.1, 0.15) is 5.75 Å². The number of piperidine rings is 1. The maximum Gasteiger partial charge on any atom is 0.265 e. The predicted octanol–water partition coefficient (Wildman–Crippen LogP) is 4.34. The van der Waals surface area contributed by atoms with Crippen LogP contribution in [0, 0.1) is 13.8 Å². The van der Waals surface area contributed by atoms with Gasteiger partial charge < -0.3 is 15.0 Å². The van der Waals surface area contributed by atoms with E-state index in [1.807, 2.05) is 43.0 Å². The number of nitrogens with one attached hydrogen (secondary N) is 1. The Morgan fingerprint density at radius 3 is 2.32 bits per heavy atom. The smallest absolute Gasteiger partial charge is 0.265 e. The Balaban J connectivity index is 1.70. The second-order valence-electron chi connectivity index (χ2n) is 7.47. The van der Waals surface area contributed by atoms with Gasteiger partial charge in [-0.15, -0.1) is 0 Å². The molecule has 0 saturated carbocycles. The summed E-state index contributed by atoms with van der Waals surface area (Å²) < 4.78 is 5.82. The summed E-state index contributed by atoms with van der Waals surface area (Å²) in [7, 11) is 0. The van der Waals surface area contributed by atoms with Gasteiger partial charge in [-0.2, -0.15) is 0 Å². The molecule has 0 bridgehead atoms. The number of carbonyl (C=O) groups is 2. The molecule has 0 radical (unpaired) electrons. The molecule has 0 aromatic heterocycles. The van der Waals surface area contributed by atoms with E-state index < -0.39 is 6.10 Å². The van der Waals surface area contributed by atoms with Crippen molar-refractivity contribution in [2.24, 2.45) is 0 Å². The standard InChI is InChI=1S/C23H28N2O3/c1-16-13-17(2)15-19(14-16)28-18(3)22(26)24-21-10-6-5-9-20(21)23(27)25-11-7-4-8-12-25/h5-6,9-10,13-15,18H,4,7-8,11-12H2,1-3H3,(H,24,26)/t18-/m0/s1. The number of hydrogen-bond acceptors (Lipinski definition) is 3. The van der Waals surface area contributed by atoms with Crippen LogP contribution in [0.3, 0.4) is 0 Å². The largest absolute Gasteiger partial charge is 0.481 e. The molecule has 148 valence electrons. The van der Waals surface area contributed by atoms with Crippen molar-refractivity contribution < 1.29 is 14.3 Å². The van der Waals surface area contributed by atoms with Crippen LogP contribution >= 0.6 is 0 Å². The second kappa shape index (κ2) is 8.91. The van der Waals surface area contributed by atoms with E-state index in [2.05, 4.69) is 11.4 Å². The molecular formula is C23H28N2O3. The number of carbonyl (C=O) groups excluding carboxylic acids is 2. The lowest BCUT2D eigenvalue weighted by molar-refractivity contribution is -0.122. The van der Waals surface area contributed by atoms with Gasteiger partial charge in [-0.3, -0.25) is 9.59 Å². The lowest BCUT2D eigenvalue weighted by atomic mass is 10.1. The van der Waals surface area contributed by atoms with Crippen LogP contribution < -0.4 is 10.1 Å². The minimum absolute atomic E-state index is 0.0292. The number of nitrogens with zero attached hydrogens (tertiary/aromatic N) is 1. The first-order valence-corrected chi connectivity index (χ1v) is 9.88. The molecule has 5 nitrogen and oxygen atoms in total. The average molecular weight is 380 g/mol. The number of ether oxygens (including phenoxy) is 1. The molecule has 2 aromatic rings. The molecule has 2 amide bonds. The van der Waals surface area contributed by atoms with Crippen molar-refractivity contribution in [1.29, 1.82) is 0 Å². The monoisotopic (exact) mass is 380 g/mol. The zero-order valence-electron chi connectivity index (χ0n) is 16.8. The molecule has 0 unspecified atom stereocenters. The third kappa shape index (κ3) is 4.91. The van der Waals surface area contributed by atoms with Crippen LogP contribution in [-0.2, 0) is 4.79 Å². The molecule has 1 fully saturated rings. The van der Waals surface area contributed by atoms with Gasteiger partial charge in [-0.1, -0.05) is 18.2 Å². The Morgan fingerprint density at radius 2 is 1.64 bits per heavy atom. The van der Waals surface area contributed by atoms with Crippen molar-refractivity contribution in [3.8, 4) is 5.75 Å².